The minimum absolute atomic E-state index is 0.230. The fourth-order valence-electron chi connectivity index (χ4n) is 3.57. The van der Waals surface area contributed by atoms with Crippen molar-refractivity contribution in [2.45, 2.75) is 44.9 Å². The highest BCUT2D eigenvalue weighted by molar-refractivity contribution is 5.48. The number of para-hydroxylation sites is 1. The molecule has 1 N–H and O–H groups in total. The van der Waals surface area contributed by atoms with Crippen LogP contribution in [0.1, 0.15) is 44.0 Å². The van der Waals surface area contributed by atoms with Crippen LogP contribution in [0, 0.1) is 0 Å². The maximum absolute atomic E-state index is 11.2. The number of aromatic nitrogens is 3. The first-order valence-electron chi connectivity index (χ1n) is 8.80. The van der Waals surface area contributed by atoms with Gasteiger partial charge in [-0.3, -0.25) is 4.90 Å². The lowest BCUT2D eigenvalue weighted by Crippen LogP contribution is -2.46. The Kier molecular flexibility index (Phi) is 4.13. The molecule has 3 heterocycles. The minimum Gasteiger partial charge on any atom is -0.454 e. The van der Waals surface area contributed by atoms with Crippen LogP contribution in [0.2, 0.25) is 0 Å². The van der Waals surface area contributed by atoms with Crippen molar-refractivity contribution in [2.75, 3.05) is 19.9 Å². The maximum atomic E-state index is 11.2. The molecule has 0 radical (unpaired) electrons. The van der Waals surface area contributed by atoms with Gasteiger partial charge in [0.25, 0.3) is 0 Å². The predicted octanol–water partition coefficient (Wildman–Crippen LogP) is 2.07. The molecule has 0 spiro atoms. The normalized spacial score (nSPS) is 23.4. The van der Waals surface area contributed by atoms with Crippen molar-refractivity contribution >= 4 is 0 Å². The summed E-state index contributed by atoms with van der Waals surface area (Å²) in [5, 5.41) is 19.5. The van der Waals surface area contributed by atoms with Crippen LogP contribution < -0.4 is 9.47 Å². The largest absolute Gasteiger partial charge is 0.454 e. The van der Waals surface area contributed by atoms with E-state index in [0.29, 0.717) is 25.2 Å². The van der Waals surface area contributed by atoms with Gasteiger partial charge in [0.1, 0.15) is 11.3 Å². The molecule has 1 atom stereocenters. The third kappa shape index (κ3) is 3.09. The SMILES string of the molecule is CC(C)n1cc([C@]2(O)CCCN(Cc3cccc4c3OCO4)C2)nn1. The molecule has 0 bridgehead atoms. The highest BCUT2D eigenvalue weighted by atomic mass is 16.7. The molecule has 2 aromatic rings. The van der Waals surface area contributed by atoms with Crippen LogP contribution in [0.4, 0.5) is 0 Å². The van der Waals surface area contributed by atoms with E-state index in [1.54, 1.807) is 4.68 Å². The Labute approximate surface area is 147 Å². The summed E-state index contributed by atoms with van der Waals surface area (Å²) < 4.78 is 12.8. The van der Waals surface area contributed by atoms with Gasteiger partial charge in [-0.25, -0.2) is 4.68 Å². The van der Waals surface area contributed by atoms with Crippen molar-refractivity contribution in [3.05, 3.63) is 35.7 Å². The summed E-state index contributed by atoms with van der Waals surface area (Å²) in [5.41, 5.74) is 0.787. The van der Waals surface area contributed by atoms with Crippen molar-refractivity contribution < 1.29 is 14.6 Å². The Hall–Kier alpha value is -2.12. The summed E-state index contributed by atoms with van der Waals surface area (Å²) in [4.78, 5) is 2.25. The second-order valence-corrected chi connectivity index (χ2v) is 7.17. The molecular formula is C18H24N4O3. The molecule has 134 valence electrons. The predicted molar refractivity (Wildman–Crippen MR) is 91.4 cm³/mol. The molecule has 2 aliphatic rings. The number of likely N-dealkylation sites (tertiary alicyclic amines) is 1. The molecule has 1 aromatic carbocycles. The molecule has 0 unspecified atom stereocenters. The Bertz CT molecular complexity index is 761. The zero-order valence-corrected chi connectivity index (χ0v) is 14.7. The quantitative estimate of drug-likeness (QED) is 0.915. The first-order valence-corrected chi connectivity index (χ1v) is 8.80. The molecule has 1 fully saturated rings. The highest BCUT2D eigenvalue weighted by Gasteiger charge is 2.38. The Morgan fingerprint density at radius 2 is 2.20 bits per heavy atom. The number of fused-ring (bicyclic) bond motifs is 1. The van der Waals surface area contributed by atoms with Crippen molar-refractivity contribution in [2.24, 2.45) is 0 Å². The number of hydrogen-bond acceptors (Lipinski definition) is 6. The van der Waals surface area contributed by atoms with Crippen LogP contribution in [-0.4, -0.2) is 44.9 Å². The summed E-state index contributed by atoms with van der Waals surface area (Å²) in [6, 6.07) is 6.18. The van der Waals surface area contributed by atoms with Gasteiger partial charge in [-0.15, -0.1) is 5.10 Å². The molecule has 1 aromatic heterocycles. The Balaban J connectivity index is 1.52. The fourth-order valence-corrected chi connectivity index (χ4v) is 3.57. The average Bonchev–Trinajstić information content (AvgIpc) is 3.25. The lowest BCUT2D eigenvalue weighted by molar-refractivity contribution is -0.0416. The Morgan fingerprint density at radius 3 is 3.00 bits per heavy atom. The van der Waals surface area contributed by atoms with E-state index >= 15 is 0 Å². The molecule has 0 aliphatic carbocycles. The number of nitrogens with zero attached hydrogens (tertiary/aromatic N) is 4. The third-order valence-electron chi connectivity index (χ3n) is 4.94. The topological polar surface area (TPSA) is 72.6 Å². The maximum Gasteiger partial charge on any atom is 0.231 e. The van der Waals surface area contributed by atoms with E-state index in [-0.39, 0.29) is 12.8 Å². The molecule has 0 saturated carbocycles. The molecule has 0 amide bonds. The van der Waals surface area contributed by atoms with E-state index < -0.39 is 5.60 Å². The van der Waals surface area contributed by atoms with Gasteiger partial charge in [0.2, 0.25) is 6.79 Å². The van der Waals surface area contributed by atoms with Gasteiger partial charge in [-0.2, -0.15) is 0 Å². The van der Waals surface area contributed by atoms with E-state index in [1.807, 2.05) is 32.2 Å². The van der Waals surface area contributed by atoms with Crippen LogP contribution in [0.5, 0.6) is 11.5 Å². The van der Waals surface area contributed by atoms with Crippen molar-refractivity contribution in [1.29, 1.82) is 0 Å². The number of rotatable bonds is 4. The van der Waals surface area contributed by atoms with E-state index in [1.165, 1.54) is 0 Å². The van der Waals surface area contributed by atoms with Crippen molar-refractivity contribution in [1.82, 2.24) is 19.9 Å². The lowest BCUT2D eigenvalue weighted by atomic mass is 9.89. The van der Waals surface area contributed by atoms with Gasteiger partial charge in [0.15, 0.2) is 11.5 Å². The summed E-state index contributed by atoms with van der Waals surface area (Å²) in [6.45, 7) is 6.56. The second kappa shape index (κ2) is 6.31. The third-order valence-corrected chi connectivity index (χ3v) is 4.94. The number of piperidine rings is 1. The standard InChI is InChI=1S/C18H24N4O3/c1-13(2)22-10-16(19-20-22)18(23)7-4-8-21(11-18)9-14-5-3-6-15-17(14)25-12-24-15/h3,5-6,10,13,23H,4,7-9,11-12H2,1-2H3/t18-/m0/s1. The van der Waals surface area contributed by atoms with Gasteiger partial charge < -0.3 is 14.6 Å². The Morgan fingerprint density at radius 1 is 1.32 bits per heavy atom. The van der Waals surface area contributed by atoms with Crippen LogP contribution in [0.25, 0.3) is 0 Å². The molecule has 1 saturated heterocycles. The molecule has 25 heavy (non-hydrogen) atoms. The first kappa shape index (κ1) is 16.4. The fraction of sp³-hybridized carbons (Fsp3) is 0.556. The zero-order valence-electron chi connectivity index (χ0n) is 14.7. The summed E-state index contributed by atoms with van der Waals surface area (Å²) >= 11 is 0. The van der Waals surface area contributed by atoms with Crippen LogP contribution in [-0.2, 0) is 12.1 Å². The molecular weight excluding hydrogens is 320 g/mol. The van der Waals surface area contributed by atoms with Gasteiger partial charge in [0, 0.05) is 24.7 Å². The highest BCUT2D eigenvalue weighted by Crippen LogP contribution is 2.37. The smallest absolute Gasteiger partial charge is 0.231 e. The molecule has 7 heteroatoms. The number of benzene rings is 1. The summed E-state index contributed by atoms with van der Waals surface area (Å²) in [6.07, 6.45) is 3.48. The van der Waals surface area contributed by atoms with E-state index in [4.69, 9.17) is 9.47 Å². The minimum atomic E-state index is -0.958. The van der Waals surface area contributed by atoms with Gasteiger partial charge >= 0.3 is 0 Å². The van der Waals surface area contributed by atoms with Gasteiger partial charge in [-0.05, 0) is 39.3 Å². The average molecular weight is 344 g/mol. The van der Waals surface area contributed by atoms with Crippen molar-refractivity contribution in [3.8, 4) is 11.5 Å². The monoisotopic (exact) mass is 344 g/mol. The van der Waals surface area contributed by atoms with E-state index in [9.17, 15) is 5.11 Å². The second-order valence-electron chi connectivity index (χ2n) is 7.17. The number of ether oxygens (including phenoxy) is 2. The van der Waals surface area contributed by atoms with Gasteiger partial charge in [-0.1, -0.05) is 17.3 Å². The number of β-amino-alcohol motifs (C(OH)–C–C–N with tert-alkyl or cyclic N) is 1. The molecule has 4 rings (SSSR count). The van der Waals surface area contributed by atoms with Crippen LogP contribution in [0.3, 0.4) is 0 Å². The van der Waals surface area contributed by atoms with Crippen LogP contribution in [0.15, 0.2) is 24.4 Å². The van der Waals surface area contributed by atoms with E-state index in [0.717, 1.165) is 30.0 Å². The molecule has 2 aliphatic heterocycles. The van der Waals surface area contributed by atoms with Gasteiger partial charge in [0.05, 0.1) is 6.20 Å². The van der Waals surface area contributed by atoms with Crippen LogP contribution >= 0.6 is 0 Å². The van der Waals surface area contributed by atoms with E-state index in [2.05, 4.69) is 21.3 Å². The van der Waals surface area contributed by atoms with Crippen molar-refractivity contribution in [3.63, 3.8) is 0 Å². The summed E-state index contributed by atoms with van der Waals surface area (Å²) in [7, 11) is 0. The number of aliphatic hydroxyl groups is 1. The molecule has 7 nitrogen and oxygen atoms in total. The summed E-state index contributed by atoms with van der Waals surface area (Å²) in [5.74, 6) is 1.62. The zero-order chi connectivity index (χ0) is 17.4. The lowest BCUT2D eigenvalue weighted by Gasteiger charge is -2.38. The number of hydrogen-bond donors (Lipinski definition) is 1. The first-order chi connectivity index (χ1) is 12.0.